The molecule has 4 rings (SSSR count). The number of imide groups is 1. The van der Waals surface area contributed by atoms with Gasteiger partial charge in [0.2, 0.25) is 0 Å². The molecule has 2 saturated heterocycles. The molecule has 0 aliphatic carbocycles. The molecule has 27 heavy (non-hydrogen) atoms. The summed E-state index contributed by atoms with van der Waals surface area (Å²) in [5.41, 5.74) is 0.323. The maximum Gasteiger partial charge on any atom is 0.327 e. The number of para-hydroxylation sites is 1. The van der Waals surface area contributed by atoms with Gasteiger partial charge in [0.1, 0.15) is 10.5 Å². The van der Waals surface area contributed by atoms with Gasteiger partial charge in [-0.25, -0.2) is 9.78 Å². The van der Waals surface area contributed by atoms with Crippen LogP contribution in [0.15, 0.2) is 24.3 Å². The highest BCUT2D eigenvalue weighted by molar-refractivity contribution is 7.18. The maximum absolute atomic E-state index is 12.8. The zero-order valence-corrected chi connectivity index (χ0v) is 16.5. The standard InChI is InChI=1S/C19H24N4O3S/c1-21-17(24)19(23(18(21)25)11-12-26-2)7-9-22(10-8-19)13-16-20-14-5-3-4-6-15(14)27-16/h3-6H,7-13H2,1-2H3. The molecule has 0 unspecified atom stereocenters. The third kappa shape index (κ3) is 3.11. The fourth-order valence-corrected chi connectivity index (χ4v) is 5.12. The van der Waals surface area contributed by atoms with Gasteiger partial charge in [0.25, 0.3) is 5.91 Å². The van der Waals surface area contributed by atoms with Gasteiger partial charge in [-0.05, 0) is 25.0 Å². The fraction of sp³-hybridized carbons (Fsp3) is 0.526. The first-order valence-corrected chi connectivity index (χ1v) is 10.0. The van der Waals surface area contributed by atoms with Gasteiger partial charge >= 0.3 is 6.03 Å². The monoisotopic (exact) mass is 388 g/mol. The minimum Gasteiger partial charge on any atom is -0.383 e. The third-order valence-electron chi connectivity index (χ3n) is 5.64. The summed E-state index contributed by atoms with van der Waals surface area (Å²) in [4.78, 5) is 35.4. The van der Waals surface area contributed by atoms with E-state index in [4.69, 9.17) is 9.72 Å². The van der Waals surface area contributed by atoms with E-state index in [0.717, 1.165) is 30.2 Å². The number of thiazole rings is 1. The van der Waals surface area contributed by atoms with Crippen molar-refractivity contribution in [3.8, 4) is 0 Å². The summed E-state index contributed by atoms with van der Waals surface area (Å²) in [6, 6.07) is 7.95. The van der Waals surface area contributed by atoms with Gasteiger partial charge in [-0.15, -0.1) is 11.3 Å². The molecule has 0 radical (unpaired) electrons. The summed E-state index contributed by atoms with van der Waals surface area (Å²) >= 11 is 1.72. The van der Waals surface area contributed by atoms with E-state index in [9.17, 15) is 9.59 Å². The summed E-state index contributed by atoms with van der Waals surface area (Å²) in [6.07, 6.45) is 1.30. The van der Waals surface area contributed by atoms with Crippen LogP contribution in [-0.2, 0) is 16.1 Å². The number of carbonyl (C=O) groups excluding carboxylic acids is 2. The van der Waals surface area contributed by atoms with Gasteiger partial charge in [0.15, 0.2) is 0 Å². The van der Waals surface area contributed by atoms with Crippen molar-refractivity contribution in [1.29, 1.82) is 0 Å². The number of likely N-dealkylation sites (tertiary alicyclic amines) is 1. The second-order valence-corrected chi connectivity index (χ2v) is 8.29. The molecule has 1 aromatic heterocycles. The number of methoxy groups -OCH3 is 1. The number of fused-ring (bicyclic) bond motifs is 1. The first-order valence-electron chi connectivity index (χ1n) is 9.21. The molecule has 0 N–H and O–H groups in total. The summed E-state index contributed by atoms with van der Waals surface area (Å²) in [5.74, 6) is -0.0803. The predicted molar refractivity (Wildman–Crippen MR) is 104 cm³/mol. The van der Waals surface area contributed by atoms with Crippen LogP contribution in [0.25, 0.3) is 10.2 Å². The number of aromatic nitrogens is 1. The number of piperidine rings is 1. The SMILES string of the molecule is COCCN1C(=O)N(C)C(=O)C12CCN(Cc1nc3ccccc3s1)CC2. The van der Waals surface area contributed by atoms with Gasteiger partial charge in [-0.2, -0.15) is 0 Å². The molecule has 3 heterocycles. The van der Waals surface area contributed by atoms with Crippen molar-refractivity contribution in [1.82, 2.24) is 19.7 Å². The van der Waals surface area contributed by atoms with E-state index >= 15 is 0 Å². The number of hydrogen-bond acceptors (Lipinski definition) is 6. The number of hydrogen-bond donors (Lipinski definition) is 0. The molecule has 1 spiro atoms. The molecule has 2 aliphatic rings. The Morgan fingerprint density at radius 2 is 1.96 bits per heavy atom. The van der Waals surface area contributed by atoms with Crippen LogP contribution in [-0.4, -0.2) is 77.6 Å². The first kappa shape index (κ1) is 18.3. The Labute approximate surface area is 162 Å². The van der Waals surface area contributed by atoms with Crippen molar-refractivity contribution in [2.75, 3.05) is 40.4 Å². The first-order chi connectivity index (χ1) is 13.0. The molecule has 2 aliphatic heterocycles. The van der Waals surface area contributed by atoms with E-state index in [2.05, 4.69) is 11.0 Å². The van der Waals surface area contributed by atoms with Gasteiger partial charge in [-0.3, -0.25) is 14.6 Å². The molecule has 0 saturated carbocycles. The van der Waals surface area contributed by atoms with Gasteiger partial charge in [0.05, 0.1) is 23.4 Å². The maximum atomic E-state index is 12.8. The lowest BCUT2D eigenvalue weighted by atomic mass is 9.86. The average molecular weight is 388 g/mol. The van der Waals surface area contributed by atoms with Crippen molar-refractivity contribution in [3.63, 3.8) is 0 Å². The Balaban J connectivity index is 1.46. The summed E-state index contributed by atoms with van der Waals surface area (Å²) in [6.45, 7) is 3.21. The quantitative estimate of drug-likeness (QED) is 0.735. The Morgan fingerprint density at radius 3 is 2.67 bits per heavy atom. The van der Waals surface area contributed by atoms with E-state index in [-0.39, 0.29) is 11.9 Å². The molecule has 2 aromatic rings. The number of likely N-dealkylation sites (N-methyl/N-ethyl adjacent to an activating group) is 1. The van der Waals surface area contributed by atoms with Crippen LogP contribution in [0.5, 0.6) is 0 Å². The minimum atomic E-state index is -0.714. The highest BCUT2D eigenvalue weighted by atomic mass is 32.1. The van der Waals surface area contributed by atoms with E-state index in [1.54, 1.807) is 30.4 Å². The minimum absolute atomic E-state index is 0.0803. The second kappa shape index (κ2) is 7.18. The van der Waals surface area contributed by atoms with Gasteiger partial charge in [0, 0.05) is 33.8 Å². The van der Waals surface area contributed by atoms with Gasteiger partial charge < -0.3 is 9.64 Å². The number of carbonyl (C=O) groups is 2. The number of benzene rings is 1. The van der Waals surface area contributed by atoms with Crippen LogP contribution in [0, 0.1) is 0 Å². The fourth-order valence-electron chi connectivity index (χ4n) is 4.11. The van der Waals surface area contributed by atoms with Crippen LogP contribution in [0.1, 0.15) is 17.8 Å². The lowest BCUT2D eigenvalue weighted by Crippen LogP contribution is -2.57. The number of amides is 3. The highest BCUT2D eigenvalue weighted by Crippen LogP contribution is 2.37. The molecule has 7 nitrogen and oxygen atoms in total. The van der Waals surface area contributed by atoms with Gasteiger partial charge in [-0.1, -0.05) is 12.1 Å². The molecule has 1 aromatic carbocycles. The number of urea groups is 1. The molecule has 8 heteroatoms. The zero-order valence-electron chi connectivity index (χ0n) is 15.7. The summed E-state index contributed by atoms with van der Waals surface area (Å²) in [7, 11) is 3.19. The van der Waals surface area contributed by atoms with Crippen LogP contribution in [0.2, 0.25) is 0 Å². The second-order valence-electron chi connectivity index (χ2n) is 7.17. The number of rotatable bonds is 5. The van der Waals surface area contributed by atoms with Crippen LogP contribution < -0.4 is 0 Å². The van der Waals surface area contributed by atoms with Crippen molar-refractivity contribution < 1.29 is 14.3 Å². The molecular formula is C19H24N4O3S. The normalized spacial score (nSPS) is 20.4. The Kier molecular flexibility index (Phi) is 4.88. The molecule has 144 valence electrons. The lowest BCUT2D eigenvalue weighted by Gasteiger charge is -2.42. The summed E-state index contributed by atoms with van der Waals surface area (Å²) in [5, 5.41) is 1.09. The van der Waals surface area contributed by atoms with Crippen molar-refractivity contribution in [2.45, 2.75) is 24.9 Å². The van der Waals surface area contributed by atoms with E-state index in [0.29, 0.717) is 26.0 Å². The number of ether oxygens (including phenoxy) is 1. The Morgan fingerprint density at radius 1 is 1.22 bits per heavy atom. The van der Waals surface area contributed by atoms with Crippen LogP contribution in [0.4, 0.5) is 4.79 Å². The third-order valence-corrected chi connectivity index (χ3v) is 6.66. The Hall–Kier alpha value is -2.03. The highest BCUT2D eigenvalue weighted by Gasteiger charge is 2.56. The smallest absolute Gasteiger partial charge is 0.327 e. The molecule has 3 amide bonds. The number of nitrogens with zero attached hydrogens (tertiary/aromatic N) is 4. The van der Waals surface area contributed by atoms with Crippen LogP contribution in [0.3, 0.4) is 0 Å². The van der Waals surface area contributed by atoms with Crippen molar-refractivity contribution >= 4 is 33.5 Å². The molecule has 2 fully saturated rings. The van der Waals surface area contributed by atoms with E-state index in [1.807, 2.05) is 18.2 Å². The van der Waals surface area contributed by atoms with E-state index < -0.39 is 5.54 Å². The molecule has 0 bridgehead atoms. The zero-order chi connectivity index (χ0) is 19.0. The Bertz CT molecular complexity index is 827. The lowest BCUT2D eigenvalue weighted by molar-refractivity contribution is -0.135. The molecule has 0 atom stereocenters. The van der Waals surface area contributed by atoms with Crippen molar-refractivity contribution in [2.24, 2.45) is 0 Å². The molecular weight excluding hydrogens is 364 g/mol. The average Bonchev–Trinajstić information content (AvgIpc) is 3.16. The van der Waals surface area contributed by atoms with Crippen molar-refractivity contribution in [3.05, 3.63) is 29.3 Å². The van der Waals surface area contributed by atoms with Crippen LogP contribution >= 0.6 is 11.3 Å². The topological polar surface area (TPSA) is 66.0 Å². The largest absolute Gasteiger partial charge is 0.383 e. The van der Waals surface area contributed by atoms with E-state index in [1.165, 1.54) is 9.60 Å². The summed E-state index contributed by atoms with van der Waals surface area (Å²) < 4.78 is 6.34. The predicted octanol–water partition coefficient (Wildman–Crippen LogP) is 2.17.